The van der Waals surface area contributed by atoms with Crippen LogP contribution in [0.4, 0.5) is 0 Å². The van der Waals surface area contributed by atoms with E-state index in [1.165, 1.54) is 0 Å². The van der Waals surface area contributed by atoms with E-state index in [0.717, 1.165) is 0 Å². The van der Waals surface area contributed by atoms with Gasteiger partial charge in [-0.05, 0) is 42.5 Å². The minimum Gasteiger partial charge on any atom is -0.457 e. The lowest BCUT2D eigenvalue weighted by Crippen LogP contribution is -2.14. The highest BCUT2D eigenvalue weighted by Gasteiger charge is 2.10. The number of nitrogens with zero attached hydrogens (tertiary/aromatic N) is 1. The smallest absolute Gasteiger partial charge is 0.173 e. The Labute approximate surface area is 120 Å². The second-order valence-corrected chi connectivity index (χ2v) is 4.55. The normalized spacial score (nSPS) is 11.4. The Kier molecular flexibility index (Phi) is 4.14. The summed E-state index contributed by atoms with van der Waals surface area (Å²) in [6, 6.07) is 11.7. The highest BCUT2D eigenvalue weighted by atomic mass is 35.5. The summed E-state index contributed by atoms with van der Waals surface area (Å²) in [5.41, 5.74) is 5.99. The lowest BCUT2D eigenvalue weighted by atomic mass is 10.2. The van der Waals surface area contributed by atoms with Crippen molar-refractivity contribution in [2.75, 3.05) is 0 Å². The minimum atomic E-state index is -0.0773. The molecule has 4 nitrogen and oxygen atoms in total. The number of amidine groups is 1. The first-order valence-electron chi connectivity index (χ1n) is 5.31. The van der Waals surface area contributed by atoms with Crippen LogP contribution in [0.3, 0.4) is 0 Å². The number of hydrogen-bond acceptors (Lipinski definition) is 3. The van der Waals surface area contributed by atoms with Crippen molar-refractivity contribution in [2.45, 2.75) is 0 Å². The standard InChI is InChI=1S/C13H10Cl2N2O2/c14-8-1-4-10(5-2-8)19-12-6-3-9(15)7-11(12)13(16)17-18/h1-7,18H,(H2,16,17). The van der Waals surface area contributed by atoms with E-state index in [9.17, 15) is 0 Å². The van der Waals surface area contributed by atoms with Crippen LogP contribution < -0.4 is 10.5 Å². The summed E-state index contributed by atoms with van der Waals surface area (Å²) < 4.78 is 5.65. The molecule has 2 aromatic carbocycles. The number of oxime groups is 1. The van der Waals surface area contributed by atoms with Gasteiger partial charge in [-0.1, -0.05) is 28.4 Å². The molecule has 0 saturated heterocycles. The Morgan fingerprint density at radius 3 is 2.32 bits per heavy atom. The van der Waals surface area contributed by atoms with E-state index in [2.05, 4.69) is 5.16 Å². The SMILES string of the molecule is NC(=NO)c1cc(Cl)ccc1Oc1ccc(Cl)cc1. The van der Waals surface area contributed by atoms with Crippen molar-refractivity contribution in [1.29, 1.82) is 0 Å². The number of hydrogen-bond donors (Lipinski definition) is 2. The van der Waals surface area contributed by atoms with Gasteiger partial charge in [0.05, 0.1) is 5.56 Å². The summed E-state index contributed by atoms with van der Waals surface area (Å²) in [5, 5.41) is 12.8. The Hall–Kier alpha value is -1.91. The maximum atomic E-state index is 8.75. The van der Waals surface area contributed by atoms with Gasteiger partial charge in [0, 0.05) is 10.0 Å². The zero-order chi connectivity index (χ0) is 13.8. The first kappa shape index (κ1) is 13.5. The summed E-state index contributed by atoms with van der Waals surface area (Å²) in [5.74, 6) is 0.937. The number of halogens is 2. The molecule has 0 fully saturated rings. The summed E-state index contributed by atoms with van der Waals surface area (Å²) in [4.78, 5) is 0. The van der Waals surface area contributed by atoms with Crippen LogP contribution in [0.25, 0.3) is 0 Å². The van der Waals surface area contributed by atoms with Crippen molar-refractivity contribution in [3.63, 3.8) is 0 Å². The van der Waals surface area contributed by atoms with E-state index in [0.29, 0.717) is 27.1 Å². The molecule has 0 aromatic heterocycles. The maximum absolute atomic E-state index is 8.75. The number of nitrogens with two attached hydrogens (primary N) is 1. The van der Waals surface area contributed by atoms with Gasteiger partial charge in [-0.15, -0.1) is 0 Å². The number of rotatable bonds is 3. The second kappa shape index (κ2) is 5.82. The molecule has 0 aliphatic rings. The van der Waals surface area contributed by atoms with E-state index in [4.69, 9.17) is 38.9 Å². The van der Waals surface area contributed by atoms with Crippen LogP contribution in [0, 0.1) is 0 Å². The van der Waals surface area contributed by atoms with Crippen LogP contribution in [0.2, 0.25) is 10.0 Å². The van der Waals surface area contributed by atoms with Crippen molar-refractivity contribution in [2.24, 2.45) is 10.9 Å². The monoisotopic (exact) mass is 296 g/mol. The molecule has 19 heavy (non-hydrogen) atoms. The average Bonchev–Trinajstić information content (AvgIpc) is 2.42. The van der Waals surface area contributed by atoms with Gasteiger partial charge in [0.2, 0.25) is 0 Å². The summed E-state index contributed by atoms with van der Waals surface area (Å²) in [6.45, 7) is 0. The molecule has 0 bridgehead atoms. The summed E-state index contributed by atoms with van der Waals surface area (Å²) >= 11 is 11.7. The van der Waals surface area contributed by atoms with Gasteiger partial charge < -0.3 is 15.7 Å². The number of benzene rings is 2. The molecule has 2 rings (SSSR count). The molecule has 0 unspecified atom stereocenters. The fourth-order valence-corrected chi connectivity index (χ4v) is 1.77. The lowest BCUT2D eigenvalue weighted by Gasteiger charge is -2.10. The van der Waals surface area contributed by atoms with Gasteiger partial charge in [-0.25, -0.2) is 0 Å². The van der Waals surface area contributed by atoms with E-state index >= 15 is 0 Å². The highest BCUT2D eigenvalue weighted by molar-refractivity contribution is 6.31. The van der Waals surface area contributed by atoms with Crippen LogP contribution in [0.5, 0.6) is 11.5 Å². The van der Waals surface area contributed by atoms with Crippen LogP contribution >= 0.6 is 23.2 Å². The van der Waals surface area contributed by atoms with Gasteiger partial charge in [-0.3, -0.25) is 0 Å². The molecule has 6 heteroatoms. The molecule has 0 aliphatic carbocycles. The van der Waals surface area contributed by atoms with E-state index in [1.807, 2.05) is 0 Å². The molecular weight excluding hydrogens is 287 g/mol. The second-order valence-electron chi connectivity index (χ2n) is 3.68. The molecule has 0 saturated carbocycles. The topological polar surface area (TPSA) is 67.8 Å². The molecular formula is C13H10Cl2N2O2. The zero-order valence-electron chi connectivity index (χ0n) is 9.68. The Morgan fingerprint density at radius 2 is 1.68 bits per heavy atom. The Bertz CT molecular complexity index is 613. The largest absolute Gasteiger partial charge is 0.457 e. The van der Waals surface area contributed by atoms with Crippen molar-refractivity contribution < 1.29 is 9.94 Å². The third-order valence-electron chi connectivity index (χ3n) is 2.37. The van der Waals surface area contributed by atoms with Crippen molar-refractivity contribution in [1.82, 2.24) is 0 Å². The van der Waals surface area contributed by atoms with Crippen LogP contribution in [-0.2, 0) is 0 Å². The molecule has 0 heterocycles. The quantitative estimate of drug-likeness (QED) is 0.391. The van der Waals surface area contributed by atoms with Crippen molar-refractivity contribution in [3.05, 3.63) is 58.1 Å². The van der Waals surface area contributed by atoms with Crippen LogP contribution in [-0.4, -0.2) is 11.0 Å². The van der Waals surface area contributed by atoms with Crippen LogP contribution in [0.15, 0.2) is 47.6 Å². The predicted molar refractivity (Wildman–Crippen MR) is 75.5 cm³/mol. The summed E-state index contributed by atoms with van der Waals surface area (Å²) in [6.07, 6.45) is 0. The van der Waals surface area contributed by atoms with Crippen molar-refractivity contribution in [3.8, 4) is 11.5 Å². The first-order valence-corrected chi connectivity index (χ1v) is 6.06. The Balaban J connectivity index is 2.37. The molecule has 2 aromatic rings. The number of ether oxygens (including phenoxy) is 1. The zero-order valence-corrected chi connectivity index (χ0v) is 11.2. The third kappa shape index (κ3) is 3.30. The maximum Gasteiger partial charge on any atom is 0.173 e. The van der Waals surface area contributed by atoms with E-state index in [1.54, 1.807) is 42.5 Å². The third-order valence-corrected chi connectivity index (χ3v) is 2.85. The molecule has 0 aliphatic heterocycles. The molecule has 0 spiro atoms. The van der Waals surface area contributed by atoms with Gasteiger partial charge >= 0.3 is 0 Å². The molecule has 3 N–H and O–H groups in total. The average molecular weight is 297 g/mol. The molecule has 0 amide bonds. The minimum absolute atomic E-state index is 0.0773. The highest BCUT2D eigenvalue weighted by Crippen LogP contribution is 2.28. The Morgan fingerprint density at radius 1 is 1.05 bits per heavy atom. The van der Waals surface area contributed by atoms with Crippen LogP contribution in [0.1, 0.15) is 5.56 Å². The molecule has 0 atom stereocenters. The summed E-state index contributed by atoms with van der Waals surface area (Å²) in [7, 11) is 0. The first-order chi connectivity index (χ1) is 9.10. The predicted octanol–water partition coefficient (Wildman–Crippen LogP) is 3.88. The van der Waals surface area contributed by atoms with E-state index < -0.39 is 0 Å². The van der Waals surface area contributed by atoms with Gasteiger partial charge in [0.15, 0.2) is 5.84 Å². The van der Waals surface area contributed by atoms with Gasteiger partial charge in [0.25, 0.3) is 0 Å². The fraction of sp³-hybridized carbons (Fsp3) is 0. The molecule has 98 valence electrons. The van der Waals surface area contributed by atoms with Crippen molar-refractivity contribution >= 4 is 29.0 Å². The van der Waals surface area contributed by atoms with Gasteiger partial charge in [0.1, 0.15) is 11.5 Å². The lowest BCUT2D eigenvalue weighted by molar-refractivity contribution is 0.318. The van der Waals surface area contributed by atoms with Gasteiger partial charge in [-0.2, -0.15) is 0 Å². The molecule has 0 radical (unpaired) electrons. The fourth-order valence-electron chi connectivity index (χ4n) is 1.47. The van der Waals surface area contributed by atoms with E-state index in [-0.39, 0.29) is 5.84 Å².